The number of alkyl halides is 3. The van der Waals surface area contributed by atoms with Gasteiger partial charge in [0.2, 0.25) is 0 Å². The summed E-state index contributed by atoms with van der Waals surface area (Å²) in [5.41, 5.74) is 0.625. The fourth-order valence-electron chi connectivity index (χ4n) is 0.775. The van der Waals surface area contributed by atoms with Crippen molar-refractivity contribution in [2.45, 2.75) is 13.1 Å². The van der Waals surface area contributed by atoms with E-state index in [1.165, 1.54) is 18.3 Å². The molecule has 72 valence electrons. The second-order valence-electron chi connectivity index (χ2n) is 2.54. The standard InChI is InChI=1S/C8H8F3NO/c1-6-4-7(2-3-12-6)13-5-8(9,10)11/h2-4H,5H2,1H3. The molecule has 0 saturated heterocycles. The summed E-state index contributed by atoms with van der Waals surface area (Å²) in [5.74, 6) is 0.185. The summed E-state index contributed by atoms with van der Waals surface area (Å²) < 4.78 is 39.6. The second-order valence-corrected chi connectivity index (χ2v) is 2.54. The Morgan fingerprint density at radius 3 is 2.69 bits per heavy atom. The molecule has 0 radical (unpaired) electrons. The van der Waals surface area contributed by atoms with Crippen molar-refractivity contribution in [1.29, 1.82) is 0 Å². The van der Waals surface area contributed by atoms with Gasteiger partial charge in [-0.1, -0.05) is 0 Å². The van der Waals surface area contributed by atoms with Crippen LogP contribution in [0.3, 0.4) is 0 Å². The molecular weight excluding hydrogens is 183 g/mol. The summed E-state index contributed by atoms with van der Waals surface area (Å²) in [6.45, 7) is 0.414. The van der Waals surface area contributed by atoms with Gasteiger partial charge in [0, 0.05) is 18.0 Å². The molecule has 0 aromatic carbocycles. The SMILES string of the molecule is Cc1cc(OCC(F)(F)F)ccn1. The number of aromatic nitrogens is 1. The van der Waals surface area contributed by atoms with Gasteiger partial charge < -0.3 is 4.74 Å². The first-order valence-electron chi connectivity index (χ1n) is 3.59. The molecule has 0 unspecified atom stereocenters. The Morgan fingerprint density at radius 1 is 1.46 bits per heavy atom. The molecule has 13 heavy (non-hydrogen) atoms. The Kier molecular flexibility index (Phi) is 2.75. The van der Waals surface area contributed by atoms with Crippen molar-refractivity contribution in [3.05, 3.63) is 24.0 Å². The van der Waals surface area contributed by atoms with Crippen LogP contribution in [-0.4, -0.2) is 17.8 Å². The number of aryl methyl sites for hydroxylation is 1. The van der Waals surface area contributed by atoms with Crippen molar-refractivity contribution in [2.24, 2.45) is 0 Å². The van der Waals surface area contributed by atoms with E-state index in [-0.39, 0.29) is 5.75 Å². The van der Waals surface area contributed by atoms with E-state index in [1.54, 1.807) is 6.92 Å². The number of pyridine rings is 1. The van der Waals surface area contributed by atoms with Crippen molar-refractivity contribution in [1.82, 2.24) is 4.98 Å². The minimum atomic E-state index is -4.29. The van der Waals surface area contributed by atoms with Gasteiger partial charge in [0.1, 0.15) is 5.75 Å². The molecule has 1 heterocycles. The minimum Gasteiger partial charge on any atom is -0.484 e. The van der Waals surface area contributed by atoms with E-state index in [0.29, 0.717) is 5.69 Å². The largest absolute Gasteiger partial charge is 0.484 e. The van der Waals surface area contributed by atoms with Crippen molar-refractivity contribution in [3.63, 3.8) is 0 Å². The van der Waals surface area contributed by atoms with E-state index in [9.17, 15) is 13.2 Å². The maximum absolute atomic E-state index is 11.7. The van der Waals surface area contributed by atoms with E-state index in [1.807, 2.05) is 0 Å². The van der Waals surface area contributed by atoms with Crippen LogP contribution < -0.4 is 4.74 Å². The van der Waals surface area contributed by atoms with Crippen LogP contribution in [0.2, 0.25) is 0 Å². The third kappa shape index (κ3) is 3.78. The van der Waals surface area contributed by atoms with Gasteiger partial charge in [-0.25, -0.2) is 0 Å². The van der Waals surface area contributed by atoms with E-state index >= 15 is 0 Å². The van der Waals surface area contributed by atoms with Crippen LogP contribution in [0.5, 0.6) is 5.75 Å². The lowest BCUT2D eigenvalue weighted by Gasteiger charge is -2.08. The fourth-order valence-corrected chi connectivity index (χ4v) is 0.775. The molecule has 1 aromatic heterocycles. The first-order valence-corrected chi connectivity index (χ1v) is 3.59. The Balaban J connectivity index is 2.55. The molecular formula is C8H8F3NO. The molecule has 0 aliphatic rings. The van der Waals surface area contributed by atoms with Crippen LogP contribution in [0.1, 0.15) is 5.69 Å². The predicted molar refractivity (Wildman–Crippen MR) is 40.5 cm³/mol. The molecule has 1 aromatic rings. The molecule has 0 aliphatic heterocycles. The van der Waals surface area contributed by atoms with Crippen LogP contribution in [0.25, 0.3) is 0 Å². The fraction of sp³-hybridized carbons (Fsp3) is 0.375. The number of ether oxygens (including phenoxy) is 1. The van der Waals surface area contributed by atoms with Crippen molar-refractivity contribution in [3.8, 4) is 5.75 Å². The summed E-state index contributed by atoms with van der Waals surface area (Å²) in [6, 6.07) is 2.84. The third-order valence-corrected chi connectivity index (χ3v) is 1.27. The maximum atomic E-state index is 11.7. The molecule has 0 fully saturated rings. The second kappa shape index (κ2) is 3.64. The highest BCUT2D eigenvalue weighted by molar-refractivity contribution is 5.21. The highest BCUT2D eigenvalue weighted by Gasteiger charge is 2.28. The van der Waals surface area contributed by atoms with Gasteiger partial charge in [-0.2, -0.15) is 13.2 Å². The van der Waals surface area contributed by atoms with Gasteiger partial charge in [0.15, 0.2) is 6.61 Å². The van der Waals surface area contributed by atoms with Gasteiger partial charge in [-0.05, 0) is 13.0 Å². The molecule has 5 heteroatoms. The summed E-state index contributed by atoms with van der Waals surface area (Å²) in [7, 11) is 0. The maximum Gasteiger partial charge on any atom is 0.422 e. The number of halogens is 3. The number of rotatable bonds is 2. The molecule has 0 spiro atoms. The number of hydrogen-bond acceptors (Lipinski definition) is 2. The van der Waals surface area contributed by atoms with Crippen LogP contribution >= 0.6 is 0 Å². The highest BCUT2D eigenvalue weighted by atomic mass is 19.4. The zero-order valence-corrected chi connectivity index (χ0v) is 6.93. The highest BCUT2D eigenvalue weighted by Crippen LogP contribution is 2.18. The Bertz CT molecular complexity index is 285. The first kappa shape index (κ1) is 9.83. The molecule has 2 nitrogen and oxygen atoms in total. The number of hydrogen-bond donors (Lipinski definition) is 0. The number of nitrogens with zero attached hydrogens (tertiary/aromatic N) is 1. The molecule has 0 N–H and O–H groups in total. The minimum absolute atomic E-state index is 0.185. The summed E-state index contributed by atoms with van der Waals surface area (Å²) in [4.78, 5) is 3.82. The van der Waals surface area contributed by atoms with Crippen molar-refractivity contribution in [2.75, 3.05) is 6.61 Å². The van der Waals surface area contributed by atoms with E-state index < -0.39 is 12.8 Å². The molecule has 0 atom stereocenters. The lowest BCUT2D eigenvalue weighted by molar-refractivity contribution is -0.153. The Hall–Kier alpha value is -1.26. The lowest BCUT2D eigenvalue weighted by atomic mass is 10.3. The van der Waals surface area contributed by atoms with Crippen molar-refractivity contribution >= 4 is 0 Å². The van der Waals surface area contributed by atoms with Gasteiger partial charge in [0.25, 0.3) is 0 Å². The van der Waals surface area contributed by atoms with Gasteiger partial charge in [-0.15, -0.1) is 0 Å². The van der Waals surface area contributed by atoms with Crippen molar-refractivity contribution < 1.29 is 17.9 Å². The van der Waals surface area contributed by atoms with Crippen LogP contribution in [0.15, 0.2) is 18.3 Å². The molecule has 1 rings (SSSR count). The van der Waals surface area contributed by atoms with Gasteiger partial charge >= 0.3 is 6.18 Å². The summed E-state index contributed by atoms with van der Waals surface area (Å²) in [5, 5.41) is 0. The van der Waals surface area contributed by atoms with Gasteiger partial charge in [-0.3, -0.25) is 4.98 Å². The predicted octanol–water partition coefficient (Wildman–Crippen LogP) is 2.33. The molecule has 0 aliphatic carbocycles. The topological polar surface area (TPSA) is 22.1 Å². The lowest BCUT2D eigenvalue weighted by Crippen LogP contribution is -2.19. The van der Waals surface area contributed by atoms with E-state index in [0.717, 1.165) is 0 Å². The normalized spacial score (nSPS) is 11.4. The average Bonchev–Trinajstić information content (AvgIpc) is 2.00. The first-order chi connectivity index (χ1) is 5.97. The molecule has 0 amide bonds. The monoisotopic (exact) mass is 191 g/mol. The Morgan fingerprint density at radius 2 is 2.15 bits per heavy atom. The smallest absolute Gasteiger partial charge is 0.422 e. The Labute approximate surface area is 73.4 Å². The van der Waals surface area contributed by atoms with E-state index in [4.69, 9.17) is 0 Å². The van der Waals surface area contributed by atoms with Crippen LogP contribution in [0.4, 0.5) is 13.2 Å². The zero-order valence-electron chi connectivity index (χ0n) is 6.93. The average molecular weight is 191 g/mol. The third-order valence-electron chi connectivity index (χ3n) is 1.27. The molecule has 0 bridgehead atoms. The summed E-state index contributed by atoms with van der Waals surface area (Å²) in [6.07, 6.45) is -2.89. The quantitative estimate of drug-likeness (QED) is 0.715. The summed E-state index contributed by atoms with van der Waals surface area (Å²) >= 11 is 0. The van der Waals surface area contributed by atoms with Gasteiger partial charge in [0.05, 0.1) is 0 Å². The molecule has 0 saturated carbocycles. The van der Waals surface area contributed by atoms with Crippen LogP contribution in [-0.2, 0) is 0 Å². The zero-order chi connectivity index (χ0) is 9.90. The van der Waals surface area contributed by atoms with E-state index in [2.05, 4.69) is 9.72 Å². The van der Waals surface area contributed by atoms with Crippen LogP contribution in [0, 0.1) is 6.92 Å².